The topological polar surface area (TPSA) is 48.1 Å². The van der Waals surface area contributed by atoms with Crippen LogP contribution >= 0.6 is 11.6 Å². The van der Waals surface area contributed by atoms with Crippen LogP contribution in [0.4, 0.5) is 5.69 Å². The summed E-state index contributed by atoms with van der Waals surface area (Å²) in [5, 5.41) is 1.54. The number of ether oxygens (including phenoxy) is 1. The molecule has 1 aromatic heterocycles. The van der Waals surface area contributed by atoms with Gasteiger partial charge in [0.15, 0.2) is 5.75 Å². The number of pyridine rings is 1. The summed E-state index contributed by atoms with van der Waals surface area (Å²) in [6.07, 6.45) is 1.75. The van der Waals surface area contributed by atoms with Gasteiger partial charge in [-0.1, -0.05) is 23.7 Å². The van der Waals surface area contributed by atoms with E-state index in [2.05, 4.69) is 4.98 Å². The highest BCUT2D eigenvalue weighted by Crippen LogP contribution is 2.35. The van der Waals surface area contributed by atoms with Gasteiger partial charge in [0.1, 0.15) is 5.75 Å². The van der Waals surface area contributed by atoms with Crippen molar-refractivity contribution in [2.24, 2.45) is 0 Å². The van der Waals surface area contributed by atoms with Crippen LogP contribution in [0.2, 0.25) is 5.02 Å². The van der Waals surface area contributed by atoms with Crippen molar-refractivity contribution < 1.29 is 4.74 Å². The van der Waals surface area contributed by atoms with Crippen molar-refractivity contribution in [1.29, 1.82) is 0 Å². The van der Waals surface area contributed by atoms with Gasteiger partial charge in [-0.15, -0.1) is 0 Å². The molecule has 0 amide bonds. The van der Waals surface area contributed by atoms with Crippen LogP contribution in [-0.4, -0.2) is 4.98 Å². The number of para-hydroxylation sites is 1. The Bertz CT molecular complexity index is 723. The van der Waals surface area contributed by atoms with Crippen LogP contribution in [0.1, 0.15) is 0 Å². The summed E-state index contributed by atoms with van der Waals surface area (Å²) in [6.45, 7) is 0. The number of aromatic nitrogens is 1. The first-order valence-electron chi connectivity index (χ1n) is 5.81. The lowest BCUT2D eigenvalue weighted by Crippen LogP contribution is -1.92. The van der Waals surface area contributed by atoms with Gasteiger partial charge in [-0.2, -0.15) is 0 Å². The number of nitrogens with zero attached hydrogens (tertiary/aromatic N) is 1. The molecule has 3 aromatic rings. The number of anilines is 1. The van der Waals surface area contributed by atoms with Crippen molar-refractivity contribution in [3.05, 3.63) is 59.8 Å². The van der Waals surface area contributed by atoms with Crippen LogP contribution in [0.5, 0.6) is 11.5 Å². The molecule has 19 heavy (non-hydrogen) atoms. The first-order chi connectivity index (χ1) is 9.24. The fourth-order valence-corrected chi connectivity index (χ4v) is 2.08. The Morgan fingerprint density at radius 3 is 2.79 bits per heavy atom. The number of fused-ring (bicyclic) bond motifs is 1. The van der Waals surface area contributed by atoms with E-state index in [1.165, 1.54) is 0 Å². The molecule has 3 rings (SSSR count). The predicted octanol–water partition coefficient (Wildman–Crippen LogP) is 4.26. The molecule has 0 spiro atoms. The van der Waals surface area contributed by atoms with Gasteiger partial charge in [0.2, 0.25) is 0 Å². The molecule has 0 aliphatic rings. The summed E-state index contributed by atoms with van der Waals surface area (Å²) in [6, 6.07) is 14.8. The Morgan fingerprint density at radius 2 is 1.95 bits per heavy atom. The van der Waals surface area contributed by atoms with Gasteiger partial charge in [-0.05, 0) is 30.3 Å². The van der Waals surface area contributed by atoms with Gasteiger partial charge in [0.05, 0.1) is 16.2 Å². The van der Waals surface area contributed by atoms with Gasteiger partial charge >= 0.3 is 0 Å². The maximum Gasteiger partial charge on any atom is 0.168 e. The quantitative estimate of drug-likeness (QED) is 0.708. The summed E-state index contributed by atoms with van der Waals surface area (Å²) in [5.74, 6) is 1.13. The molecule has 4 heteroatoms. The minimum absolute atomic E-state index is 0.472. The number of nitrogen functional groups attached to an aromatic ring is 1. The molecule has 0 aliphatic carbocycles. The van der Waals surface area contributed by atoms with E-state index in [1.807, 2.05) is 30.3 Å². The zero-order chi connectivity index (χ0) is 13.2. The SMILES string of the molecule is Nc1cccc(Cl)c1Oc1ccc2cccnc2c1. The van der Waals surface area contributed by atoms with Crippen molar-refractivity contribution in [1.82, 2.24) is 4.98 Å². The zero-order valence-electron chi connectivity index (χ0n) is 10.0. The summed E-state index contributed by atoms with van der Waals surface area (Å²) in [7, 11) is 0. The first-order valence-corrected chi connectivity index (χ1v) is 6.18. The third-order valence-corrected chi connectivity index (χ3v) is 3.09. The number of rotatable bonds is 2. The van der Waals surface area contributed by atoms with E-state index in [-0.39, 0.29) is 0 Å². The average molecular weight is 271 g/mol. The maximum absolute atomic E-state index is 6.08. The summed E-state index contributed by atoms with van der Waals surface area (Å²) in [4.78, 5) is 4.28. The highest BCUT2D eigenvalue weighted by Gasteiger charge is 2.07. The van der Waals surface area contributed by atoms with Gasteiger partial charge in [0, 0.05) is 17.6 Å². The fraction of sp³-hybridized carbons (Fsp3) is 0. The molecule has 2 aromatic carbocycles. The Hall–Kier alpha value is -2.26. The average Bonchev–Trinajstić information content (AvgIpc) is 2.43. The predicted molar refractivity (Wildman–Crippen MR) is 77.7 cm³/mol. The minimum atomic E-state index is 0.472. The molecule has 0 bridgehead atoms. The van der Waals surface area contributed by atoms with Gasteiger partial charge in [-0.25, -0.2) is 0 Å². The molecular formula is C15H11ClN2O. The van der Waals surface area contributed by atoms with E-state index < -0.39 is 0 Å². The number of benzene rings is 2. The van der Waals surface area contributed by atoms with Crippen LogP contribution in [0.3, 0.4) is 0 Å². The van der Waals surface area contributed by atoms with Crippen molar-refractivity contribution >= 4 is 28.2 Å². The standard InChI is InChI=1S/C15H11ClN2O/c16-12-4-1-5-13(17)15(12)19-11-7-6-10-3-2-8-18-14(10)9-11/h1-9H,17H2. The molecule has 1 heterocycles. The van der Waals surface area contributed by atoms with Crippen molar-refractivity contribution in [3.8, 4) is 11.5 Å². The number of hydrogen-bond acceptors (Lipinski definition) is 3. The van der Waals surface area contributed by atoms with Crippen molar-refractivity contribution in [2.45, 2.75) is 0 Å². The highest BCUT2D eigenvalue weighted by atomic mass is 35.5. The third-order valence-electron chi connectivity index (χ3n) is 2.79. The Labute approximate surface area is 115 Å². The number of hydrogen-bond donors (Lipinski definition) is 1. The molecule has 94 valence electrons. The van der Waals surface area contributed by atoms with Crippen molar-refractivity contribution in [2.75, 3.05) is 5.73 Å². The molecule has 0 radical (unpaired) electrons. The van der Waals surface area contributed by atoms with Gasteiger partial charge < -0.3 is 10.5 Å². The zero-order valence-corrected chi connectivity index (χ0v) is 10.8. The first kappa shape index (κ1) is 11.8. The second kappa shape index (κ2) is 4.78. The van der Waals surface area contributed by atoms with Crippen molar-refractivity contribution in [3.63, 3.8) is 0 Å². The fourth-order valence-electron chi connectivity index (χ4n) is 1.86. The molecule has 0 aliphatic heterocycles. The number of halogens is 1. The molecule has 0 fully saturated rings. The van der Waals surface area contributed by atoms with Gasteiger partial charge in [-0.3, -0.25) is 4.98 Å². The summed E-state index contributed by atoms with van der Waals surface area (Å²) < 4.78 is 5.75. The van der Waals surface area contributed by atoms with E-state index in [4.69, 9.17) is 22.1 Å². The Morgan fingerprint density at radius 1 is 1.05 bits per heavy atom. The lowest BCUT2D eigenvalue weighted by molar-refractivity contribution is 0.486. The third kappa shape index (κ3) is 2.33. The molecule has 2 N–H and O–H groups in total. The number of nitrogens with two attached hydrogens (primary N) is 1. The van der Waals surface area contributed by atoms with Crippen LogP contribution in [0.15, 0.2) is 54.7 Å². The lowest BCUT2D eigenvalue weighted by Gasteiger charge is -2.10. The molecule has 0 saturated carbocycles. The normalized spacial score (nSPS) is 10.6. The summed E-state index contributed by atoms with van der Waals surface area (Å²) in [5.41, 5.74) is 7.23. The largest absolute Gasteiger partial charge is 0.454 e. The molecule has 0 atom stereocenters. The van der Waals surface area contributed by atoms with E-state index in [9.17, 15) is 0 Å². The lowest BCUT2D eigenvalue weighted by atomic mass is 10.2. The van der Waals surface area contributed by atoms with E-state index in [0.717, 1.165) is 10.9 Å². The Balaban J connectivity index is 2.01. The smallest absolute Gasteiger partial charge is 0.168 e. The van der Waals surface area contributed by atoms with E-state index >= 15 is 0 Å². The molecular weight excluding hydrogens is 260 g/mol. The molecule has 0 saturated heterocycles. The van der Waals surface area contributed by atoms with Crippen LogP contribution < -0.4 is 10.5 Å². The van der Waals surface area contributed by atoms with Crippen LogP contribution in [0.25, 0.3) is 10.9 Å². The summed E-state index contributed by atoms with van der Waals surface area (Å²) >= 11 is 6.08. The van der Waals surface area contributed by atoms with Crippen LogP contribution in [0, 0.1) is 0 Å². The van der Waals surface area contributed by atoms with E-state index in [1.54, 1.807) is 24.4 Å². The second-order valence-electron chi connectivity index (χ2n) is 4.12. The minimum Gasteiger partial charge on any atom is -0.454 e. The monoisotopic (exact) mass is 270 g/mol. The molecule has 0 unspecified atom stereocenters. The van der Waals surface area contributed by atoms with Crippen LogP contribution in [-0.2, 0) is 0 Å². The molecule has 3 nitrogen and oxygen atoms in total. The second-order valence-corrected chi connectivity index (χ2v) is 4.53. The Kier molecular flexibility index (Phi) is 2.97. The highest BCUT2D eigenvalue weighted by molar-refractivity contribution is 6.32. The van der Waals surface area contributed by atoms with Gasteiger partial charge in [0.25, 0.3) is 0 Å². The maximum atomic E-state index is 6.08. The van der Waals surface area contributed by atoms with E-state index in [0.29, 0.717) is 22.2 Å².